The molecule has 0 amide bonds. The largest absolute Gasteiger partial charge is 0.496 e. The van der Waals surface area contributed by atoms with Gasteiger partial charge in [0.1, 0.15) is 11.6 Å². The topological polar surface area (TPSA) is 62.3 Å². The third-order valence-corrected chi connectivity index (χ3v) is 3.63. The molecule has 0 aromatic heterocycles. The van der Waals surface area contributed by atoms with Crippen molar-refractivity contribution in [3.63, 3.8) is 0 Å². The number of nitrogens with two attached hydrogens (primary N) is 1. The molecule has 4 nitrogen and oxygen atoms in total. The fourth-order valence-corrected chi connectivity index (χ4v) is 2.52. The van der Waals surface area contributed by atoms with Crippen molar-refractivity contribution in [2.24, 2.45) is 5.73 Å². The fraction of sp³-hybridized carbons (Fsp3) is 0.500. The number of hydrogen-bond donors (Lipinski definition) is 2. The van der Waals surface area contributed by atoms with Gasteiger partial charge >= 0.3 is 0 Å². The van der Waals surface area contributed by atoms with Gasteiger partial charge in [-0.2, -0.15) is 0 Å². The van der Waals surface area contributed by atoms with Gasteiger partial charge < -0.3 is 10.5 Å². The summed E-state index contributed by atoms with van der Waals surface area (Å²) in [6, 6.07) is 6.55. The molecule has 1 aliphatic heterocycles. The molecule has 0 bridgehead atoms. The maximum atomic E-state index is 7.49. The van der Waals surface area contributed by atoms with Crippen LogP contribution in [0.2, 0.25) is 0 Å². The van der Waals surface area contributed by atoms with Crippen LogP contribution in [0.1, 0.15) is 30.9 Å². The number of amidine groups is 1. The number of likely N-dealkylation sites (tertiary alicyclic amines) is 1. The molecule has 1 heterocycles. The highest BCUT2D eigenvalue weighted by Gasteiger charge is 2.20. The predicted octanol–water partition coefficient (Wildman–Crippen LogP) is 1.96. The molecule has 1 atom stereocenters. The molecule has 1 aromatic carbocycles. The highest BCUT2D eigenvalue weighted by Crippen LogP contribution is 2.24. The number of nitrogens with one attached hydrogen (secondary N) is 1. The summed E-state index contributed by atoms with van der Waals surface area (Å²) in [4.78, 5) is 2.47. The second kappa shape index (κ2) is 5.40. The van der Waals surface area contributed by atoms with Crippen LogP contribution in [0.15, 0.2) is 18.2 Å². The van der Waals surface area contributed by atoms with Crippen LogP contribution in [0.3, 0.4) is 0 Å². The van der Waals surface area contributed by atoms with Crippen molar-refractivity contribution in [3.8, 4) is 5.75 Å². The first-order valence-electron chi connectivity index (χ1n) is 6.37. The van der Waals surface area contributed by atoms with Gasteiger partial charge in [-0.25, -0.2) is 0 Å². The van der Waals surface area contributed by atoms with Gasteiger partial charge in [0.25, 0.3) is 0 Å². The Kier molecular flexibility index (Phi) is 3.87. The molecule has 3 N–H and O–H groups in total. The highest BCUT2D eigenvalue weighted by atomic mass is 16.5. The van der Waals surface area contributed by atoms with Gasteiger partial charge in [-0.15, -0.1) is 0 Å². The molecule has 0 radical (unpaired) electrons. The summed E-state index contributed by atoms with van der Waals surface area (Å²) in [5.41, 5.74) is 7.39. The number of nitrogen functional groups attached to an aromatic ring is 1. The maximum absolute atomic E-state index is 7.49. The van der Waals surface area contributed by atoms with Crippen LogP contribution in [-0.2, 0) is 6.54 Å². The quantitative estimate of drug-likeness (QED) is 0.631. The van der Waals surface area contributed by atoms with E-state index in [2.05, 4.69) is 11.8 Å². The smallest absolute Gasteiger partial charge is 0.130 e. The number of benzene rings is 1. The second-order valence-corrected chi connectivity index (χ2v) is 4.91. The van der Waals surface area contributed by atoms with Crippen LogP contribution in [-0.4, -0.2) is 30.4 Å². The van der Waals surface area contributed by atoms with Crippen LogP contribution in [0.25, 0.3) is 0 Å². The minimum Gasteiger partial charge on any atom is -0.496 e. The molecule has 1 aliphatic rings. The summed E-state index contributed by atoms with van der Waals surface area (Å²) in [5.74, 6) is 0.736. The number of rotatable bonds is 4. The summed E-state index contributed by atoms with van der Waals surface area (Å²) in [7, 11) is 1.62. The number of methoxy groups -OCH3 is 1. The molecule has 18 heavy (non-hydrogen) atoms. The average Bonchev–Trinajstić information content (AvgIpc) is 2.74. The zero-order valence-corrected chi connectivity index (χ0v) is 11.1. The van der Waals surface area contributed by atoms with E-state index >= 15 is 0 Å². The van der Waals surface area contributed by atoms with E-state index in [0.717, 1.165) is 13.1 Å². The Bertz CT molecular complexity index is 445. The van der Waals surface area contributed by atoms with Crippen molar-refractivity contribution in [2.75, 3.05) is 13.7 Å². The van der Waals surface area contributed by atoms with Gasteiger partial charge in [-0.3, -0.25) is 10.3 Å². The van der Waals surface area contributed by atoms with E-state index in [4.69, 9.17) is 15.9 Å². The highest BCUT2D eigenvalue weighted by molar-refractivity contribution is 5.97. The fourth-order valence-electron chi connectivity index (χ4n) is 2.52. The van der Waals surface area contributed by atoms with E-state index in [1.807, 2.05) is 18.2 Å². The lowest BCUT2D eigenvalue weighted by atomic mass is 10.1. The molecule has 1 saturated heterocycles. The Hall–Kier alpha value is -1.55. The molecule has 0 saturated carbocycles. The van der Waals surface area contributed by atoms with Crippen molar-refractivity contribution in [3.05, 3.63) is 29.3 Å². The normalized spacial score (nSPS) is 20.0. The van der Waals surface area contributed by atoms with Gasteiger partial charge in [0, 0.05) is 12.6 Å². The summed E-state index contributed by atoms with van der Waals surface area (Å²) >= 11 is 0. The Labute approximate surface area is 108 Å². The average molecular weight is 247 g/mol. The molecule has 1 aromatic rings. The van der Waals surface area contributed by atoms with Crippen molar-refractivity contribution in [1.29, 1.82) is 5.41 Å². The molecule has 98 valence electrons. The molecule has 1 fully saturated rings. The van der Waals surface area contributed by atoms with Gasteiger partial charge in [0.2, 0.25) is 0 Å². The number of nitrogens with zero attached hydrogens (tertiary/aromatic N) is 1. The van der Waals surface area contributed by atoms with E-state index in [1.54, 1.807) is 7.11 Å². The van der Waals surface area contributed by atoms with Crippen molar-refractivity contribution in [1.82, 2.24) is 4.90 Å². The predicted molar refractivity (Wildman–Crippen MR) is 73.1 cm³/mol. The van der Waals surface area contributed by atoms with Gasteiger partial charge in [0.05, 0.1) is 12.7 Å². The maximum Gasteiger partial charge on any atom is 0.130 e. The molecule has 1 unspecified atom stereocenters. The van der Waals surface area contributed by atoms with Crippen molar-refractivity contribution < 1.29 is 4.74 Å². The van der Waals surface area contributed by atoms with E-state index in [9.17, 15) is 0 Å². The lowest BCUT2D eigenvalue weighted by molar-refractivity contribution is 0.260. The van der Waals surface area contributed by atoms with Crippen LogP contribution in [0.5, 0.6) is 5.75 Å². The monoisotopic (exact) mass is 247 g/mol. The number of hydrogen-bond acceptors (Lipinski definition) is 3. The Balaban J connectivity index is 2.17. The lowest BCUT2D eigenvalue weighted by Gasteiger charge is -2.21. The number of ether oxygens (including phenoxy) is 1. The minimum absolute atomic E-state index is 0.0490. The Morgan fingerprint density at radius 3 is 2.89 bits per heavy atom. The van der Waals surface area contributed by atoms with Gasteiger partial charge in [0.15, 0.2) is 0 Å². The summed E-state index contributed by atoms with van der Waals surface area (Å²) < 4.78 is 5.30. The second-order valence-electron chi connectivity index (χ2n) is 4.91. The van der Waals surface area contributed by atoms with Crippen LogP contribution < -0.4 is 10.5 Å². The van der Waals surface area contributed by atoms with E-state index < -0.39 is 0 Å². The Morgan fingerprint density at radius 1 is 1.56 bits per heavy atom. The zero-order chi connectivity index (χ0) is 13.1. The Morgan fingerprint density at radius 2 is 2.33 bits per heavy atom. The molecular formula is C14H21N3O. The lowest BCUT2D eigenvalue weighted by Crippen LogP contribution is -2.26. The first-order chi connectivity index (χ1) is 8.61. The SMILES string of the molecule is COc1cc(CN2CCCC2C)ccc1C(=N)N. The molecule has 0 aliphatic carbocycles. The molecule has 4 heteroatoms. The standard InChI is InChI=1S/C14H21N3O/c1-10-4-3-7-17(10)9-11-5-6-12(14(15)16)13(8-11)18-2/h5-6,8,10H,3-4,7,9H2,1-2H3,(H3,15,16). The summed E-state index contributed by atoms with van der Waals surface area (Å²) in [5, 5.41) is 7.49. The van der Waals surface area contributed by atoms with Crippen LogP contribution in [0, 0.1) is 5.41 Å². The molecular weight excluding hydrogens is 226 g/mol. The van der Waals surface area contributed by atoms with E-state index in [-0.39, 0.29) is 5.84 Å². The summed E-state index contributed by atoms with van der Waals surface area (Å²) in [6.07, 6.45) is 2.56. The summed E-state index contributed by atoms with van der Waals surface area (Å²) in [6.45, 7) is 4.38. The van der Waals surface area contributed by atoms with Gasteiger partial charge in [-0.05, 0) is 44.0 Å². The van der Waals surface area contributed by atoms with Crippen LogP contribution in [0.4, 0.5) is 0 Å². The first-order valence-corrected chi connectivity index (χ1v) is 6.37. The van der Waals surface area contributed by atoms with E-state index in [1.165, 1.54) is 18.4 Å². The van der Waals surface area contributed by atoms with Crippen LogP contribution >= 0.6 is 0 Å². The van der Waals surface area contributed by atoms with Crippen molar-refractivity contribution >= 4 is 5.84 Å². The minimum atomic E-state index is 0.0490. The molecule has 2 rings (SSSR count). The third-order valence-electron chi connectivity index (χ3n) is 3.63. The first kappa shape index (κ1) is 12.9. The van der Waals surface area contributed by atoms with Gasteiger partial charge in [-0.1, -0.05) is 6.07 Å². The zero-order valence-electron chi connectivity index (χ0n) is 11.1. The third kappa shape index (κ3) is 2.64. The molecule has 0 spiro atoms. The van der Waals surface area contributed by atoms with E-state index in [0.29, 0.717) is 17.4 Å². The van der Waals surface area contributed by atoms with Crippen molar-refractivity contribution in [2.45, 2.75) is 32.4 Å².